The van der Waals surface area contributed by atoms with Crippen LogP contribution in [0.1, 0.15) is 22.9 Å². The third-order valence-electron chi connectivity index (χ3n) is 4.29. The summed E-state index contributed by atoms with van der Waals surface area (Å²) in [5, 5.41) is 13.3. The fourth-order valence-electron chi connectivity index (χ4n) is 3.19. The van der Waals surface area contributed by atoms with Gasteiger partial charge in [-0.25, -0.2) is 9.37 Å². The Bertz CT molecular complexity index is 954. The second-order valence-corrected chi connectivity index (χ2v) is 5.83. The molecule has 122 valence electrons. The Morgan fingerprint density at radius 3 is 3.04 bits per heavy atom. The van der Waals surface area contributed by atoms with Crippen molar-refractivity contribution in [3.8, 4) is 5.75 Å². The molecule has 2 atom stereocenters. The maximum absolute atomic E-state index is 13.4. The number of halogens is 1. The molecule has 24 heavy (non-hydrogen) atoms. The summed E-state index contributed by atoms with van der Waals surface area (Å²) in [7, 11) is 0. The summed E-state index contributed by atoms with van der Waals surface area (Å²) in [5.74, 6) is 0.302. The standard InChI is InChI=1S/C17H14FN3O3/c1-9-16(20-23)21-6-2-3-14(17(21)19-9)24-15-12-5-4-11(18)7-10(12)8-13(15)22/h2-7,13,15,22H,8H2,1H3/t13-,15+/m0/s1. The van der Waals surface area contributed by atoms with Crippen LogP contribution >= 0.6 is 0 Å². The monoisotopic (exact) mass is 327 g/mol. The second kappa shape index (κ2) is 5.38. The number of aromatic nitrogens is 2. The number of hydrogen-bond acceptors (Lipinski definition) is 5. The molecule has 7 heteroatoms. The molecule has 2 aromatic heterocycles. The second-order valence-electron chi connectivity index (χ2n) is 5.83. The van der Waals surface area contributed by atoms with E-state index in [1.165, 1.54) is 12.1 Å². The highest BCUT2D eigenvalue weighted by Crippen LogP contribution is 2.37. The average molecular weight is 327 g/mol. The SMILES string of the molecule is Cc1nc2c(O[C@@H]3c4ccc(F)cc4C[C@@H]3O)cccn2c1N=O. The van der Waals surface area contributed by atoms with Crippen LogP contribution in [0.4, 0.5) is 10.2 Å². The molecule has 2 heterocycles. The van der Waals surface area contributed by atoms with Gasteiger partial charge in [-0.15, -0.1) is 4.91 Å². The van der Waals surface area contributed by atoms with Crippen molar-refractivity contribution in [2.75, 3.05) is 0 Å². The first-order valence-electron chi connectivity index (χ1n) is 7.52. The maximum Gasteiger partial charge on any atom is 0.204 e. The number of pyridine rings is 1. The molecule has 0 radical (unpaired) electrons. The molecule has 1 aromatic carbocycles. The van der Waals surface area contributed by atoms with E-state index in [4.69, 9.17) is 4.74 Å². The lowest BCUT2D eigenvalue weighted by atomic mass is 10.1. The van der Waals surface area contributed by atoms with Crippen LogP contribution in [0, 0.1) is 17.6 Å². The van der Waals surface area contributed by atoms with Gasteiger partial charge in [0, 0.05) is 12.6 Å². The Morgan fingerprint density at radius 2 is 2.25 bits per heavy atom. The molecule has 1 aliphatic rings. The van der Waals surface area contributed by atoms with Gasteiger partial charge in [0.2, 0.25) is 5.82 Å². The zero-order chi connectivity index (χ0) is 16.8. The Labute approximate surface area is 136 Å². The van der Waals surface area contributed by atoms with Crippen molar-refractivity contribution in [2.24, 2.45) is 5.18 Å². The quantitative estimate of drug-likeness (QED) is 0.749. The highest BCUT2D eigenvalue weighted by molar-refractivity contribution is 5.61. The summed E-state index contributed by atoms with van der Waals surface area (Å²) in [5.41, 5.74) is 2.43. The van der Waals surface area contributed by atoms with Crippen LogP contribution in [0.15, 0.2) is 41.7 Å². The Balaban J connectivity index is 1.77. The summed E-state index contributed by atoms with van der Waals surface area (Å²) in [6.45, 7) is 1.69. The molecule has 0 fully saturated rings. The molecule has 0 unspecified atom stereocenters. The third kappa shape index (κ3) is 2.16. The molecule has 1 aliphatic carbocycles. The van der Waals surface area contributed by atoms with Crippen LogP contribution < -0.4 is 4.74 Å². The van der Waals surface area contributed by atoms with Crippen molar-refractivity contribution in [1.29, 1.82) is 0 Å². The number of hydrogen-bond donors (Lipinski definition) is 1. The smallest absolute Gasteiger partial charge is 0.204 e. The Kier molecular flexibility index (Phi) is 3.31. The lowest BCUT2D eigenvalue weighted by molar-refractivity contribution is 0.0502. The minimum absolute atomic E-state index is 0.213. The highest BCUT2D eigenvalue weighted by atomic mass is 19.1. The van der Waals surface area contributed by atoms with Gasteiger partial charge >= 0.3 is 0 Å². The normalized spacial score (nSPS) is 19.5. The van der Waals surface area contributed by atoms with Gasteiger partial charge in [-0.3, -0.25) is 4.40 Å². The average Bonchev–Trinajstić information content (AvgIpc) is 3.04. The number of aliphatic hydroxyl groups excluding tert-OH is 1. The molecular weight excluding hydrogens is 313 g/mol. The predicted octanol–water partition coefficient (Wildman–Crippen LogP) is 3.22. The predicted molar refractivity (Wildman–Crippen MR) is 84.9 cm³/mol. The van der Waals surface area contributed by atoms with Gasteiger partial charge in [-0.1, -0.05) is 6.07 Å². The van der Waals surface area contributed by atoms with Crippen molar-refractivity contribution < 1.29 is 14.2 Å². The molecule has 1 N–H and O–H groups in total. The fourth-order valence-corrected chi connectivity index (χ4v) is 3.19. The van der Waals surface area contributed by atoms with Crippen molar-refractivity contribution in [1.82, 2.24) is 9.38 Å². The molecule has 3 aromatic rings. The van der Waals surface area contributed by atoms with Crippen LogP contribution in [-0.2, 0) is 6.42 Å². The first-order valence-corrected chi connectivity index (χ1v) is 7.52. The van der Waals surface area contributed by atoms with E-state index < -0.39 is 12.2 Å². The van der Waals surface area contributed by atoms with E-state index in [-0.39, 0.29) is 11.6 Å². The van der Waals surface area contributed by atoms with Gasteiger partial charge in [-0.05, 0) is 47.5 Å². The van der Waals surface area contributed by atoms with E-state index in [0.29, 0.717) is 23.5 Å². The van der Waals surface area contributed by atoms with Gasteiger partial charge < -0.3 is 9.84 Å². The van der Waals surface area contributed by atoms with E-state index in [0.717, 1.165) is 11.1 Å². The van der Waals surface area contributed by atoms with E-state index in [2.05, 4.69) is 10.2 Å². The summed E-state index contributed by atoms with van der Waals surface area (Å²) in [6.07, 6.45) is 0.612. The Hall–Kier alpha value is -2.80. The Morgan fingerprint density at radius 1 is 1.42 bits per heavy atom. The number of nitroso groups, excluding NO2 is 1. The minimum Gasteiger partial charge on any atom is -0.479 e. The number of aliphatic hydroxyl groups is 1. The molecule has 0 spiro atoms. The molecule has 4 rings (SSSR count). The lowest BCUT2D eigenvalue weighted by Gasteiger charge is -2.18. The van der Waals surface area contributed by atoms with Crippen LogP contribution in [0.25, 0.3) is 5.65 Å². The van der Waals surface area contributed by atoms with Crippen LogP contribution in [0.3, 0.4) is 0 Å². The van der Waals surface area contributed by atoms with Gasteiger partial charge in [0.15, 0.2) is 17.5 Å². The summed E-state index contributed by atoms with van der Waals surface area (Å²) < 4.78 is 20.9. The fraction of sp³-hybridized carbons (Fsp3) is 0.235. The number of ether oxygens (including phenoxy) is 1. The lowest BCUT2D eigenvalue weighted by Crippen LogP contribution is -2.19. The molecular formula is C17H14FN3O3. The van der Waals surface area contributed by atoms with E-state index >= 15 is 0 Å². The van der Waals surface area contributed by atoms with Crippen LogP contribution in [0.5, 0.6) is 5.75 Å². The van der Waals surface area contributed by atoms with Gasteiger partial charge in [0.1, 0.15) is 5.82 Å². The molecule has 6 nitrogen and oxygen atoms in total. The van der Waals surface area contributed by atoms with E-state index in [1.807, 2.05) is 0 Å². The summed E-state index contributed by atoms with van der Waals surface area (Å²) in [6, 6.07) is 7.81. The minimum atomic E-state index is -0.776. The molecule has 0 aliphatic heterocycles. The van der Waals surface area contributed by atoms with Crippen molar-refractivity contribution in [3.05, 3.63) is 64.1 Å². The van der Waals surface area contributed by atoms with Crippen molar-refractivity contribution in [3.63, 3.8) is 0 Å². The topological polar surface area (TPSA) is 76.2 Å². The summed E-state index contributed by atoms with van der Waals surface area (Å²) in [4.78, 5) is 15.3. The van der Waals surface area contributed by atoms with Gasteiger partial charge in [-0.2, -0.15) is 0 Å². The van der Waals surface area contributed by atoms with Gasteiger partial charge in [0.25, 0.3) is 0 Å². The van der Waals surface area contributed by atoms with E-state index in [9.17, 15) is 14.4 Å². The number of nitrogens with zero attached hydrogens (tertiary/aromatic N) is 3. The highest BCUT2D eigenvalue weighted by Gasteiger charge is 2.33. The maximum atomic E-state index is 13.4. The van der Waals surface area contributed by atoms with Gasteiger partial charge in [0.05, 0.1) is 11.8 Å². The zero-order valence-corrected chi connectivity index (χ0v) is 12.8. The number of benzene rings is 1. The zero-order valence-electron chi connectivity index (χ0n) is 12.8. The number of rotatable bonds is 3. The summed E-state index contributed by atoms with van der Waals surface area (Å²) >= 11 is 0. The van der Waals surface area contributed by atoms with E-state index in [1.54, 1.807) is 35.7 Å². The van der Waals surface area contributed by atoms with Crippen LogP contribution in [0.2, 0.25) is 0 Å². The molecule has 0 bridgehead atoms. The van der Waals surface area contributed by atoms with Crippen LogP contribution in [-0.4, -0.2) is 20.6 Å². The molecule has 0 amide bonds. The largest absolute Gasteiger partial charge is 0.479 e. The van der Waals surface area contributed by atoms with Crippen molar-refractivity contribution in [2.45, 2.75) is 25.6 Å². The molecule has 0 saturated carbocycles. The third-order valence-corrected chi connectivity index (χ3v) is 4.29. The number of aryl methyl sites for hydroxylation is 1. The number of imidazole rings is 1. The number of fused-ring (bicyclic) bond motifs is 2. The van der Waals surface area contributed by atoms with Crippen molar-refractivity contribution >= 4 is 11.5 Å². The first kappa shape index (κ1) is 14.8. The first-order chi connectivity index (χ1) is 11.6. The molecule has 0 saturated heterocycles.